The number of rotatable bonds is 11. The van der Waals surface area contributed by atoms with E-state index in [1.165, 1.54) is 0 Å². The summed E-state index contributed by atoms with van der Waals surface area (Å²) in [6.45, 7) is 2.44. The van der Waals surface area contributed by atoms with E-state index in [9.17, 15) is 14.4 Å². The van der Waals surface area contributed by atoms with E-state index in [-0.39, 0.29) is 34.5 Å². The van der Waals surface area contributed by atoms with Gasteiger partial charge in [-0.3, -0.25) is 9.59 Å². The van der Waals surface area contributed by atoms with Gasteiger partial charge in [0.15, 0.2) is 0 Å². The fraction of sp³-hybridized carbons (Fsp3) is 0.444. The van der Waals surface area contributed by atoms with Crippen molar-refractivity contribution in [2.24, 2.45) is 5.41 Å². The number of esters is 1. The largest absolute Gasteiger partial charge is 0.464 e. The number of anilines is 1. The van der Waals surface area contributed by atoms with E-state index in [2.05, 4.69) is 10.6 Å². The molecule has 3 rings (SSSR count). The highest BCUT2D eigenvalue weighted by Gasteiger charge is 2.42. The zero-order valence-electron chi connectivity index (χ0n) is 20.6. The first-order valence-electron chi connectivity index (χ1n) is 12.1. The van der Waals surface area contributed by atoms with Gasteiger partial charge in [0.05, 0.1) is 27.6 Å². The van der Waals surface area contributed by atoms with Gasteiger partial charge in [-0.1, -0.05) is 54.2 Å². The molecule has 1 atom stereocenters. The molecule has 2 aromatic rings. The molecule has 194 valence electrons. The van der Waals surface area contributed by atoms with Gasteiger partial charge in [-0.2, -0.15) is 0 Å². The second-order valence-electron chi connectivity index (χ2n) is 8.96. The molecule has 0 bridgehead atoms. The molecule has 2 aromatic carbocycles. The third kappa shape index (κ3) is 6.99. The lowest BCUT2D eigenvalue weighted by Gasteiger charge is -2.29. The lowest BCUT2D eigenvalue weighted by atomic mass is 9.81. The Kier molecular flexibility index (Phi) is 10.2. The van der Waals surface area contributed by atoms with Crippen molar-refractivity contribution < 1.29 is 23.9 Å². The minimum atomic E-state index is -0.820. The molecule has 1 fully saturated rings. The summed E-state index contributed by atoms with van der Waals surface area (Å²) in [5.74, 6) is -1.03. The highest BCUT2D eigenvalue weighted by molar-refractivity contribution is 6.40. The SMILES string of the molecule is CCOC(=O)C(Cc1ccc(NC(=O)c2c(Cl)cccc2Cl)cc1)NC(=O)C1(CCOC)CCCC1. The van der Waals surface area contributed by atoms with Gasteiger partial charge >= 0.3 is 5.97 Å². The van der Waals surface area contributed by atoms with Crippen LogP contribution in [-0.2, 0) is 25.5 Å². The Hall–Kier alpha value is -2.61. The van der Waals surface area contributed by atoms with Crippen LogP contribution in [0.5, 0.6) is 0 Å². The third-order valence-corrected chi connectivity index (χ3v) is 7.17. The molecule has 1 aliphatic rings. The van der Waals surface area contributed by atoms with Crippen molar-refractivity contribution in [2.45, 2.75) is 51.5 Å². The average Bonchev–Trinajstić information content (AvgIpc) is 3.34. The number of ether oxygens (including phenoxy) is 2. The van der Waals surface area contributed by atoms with Crippen molar-refractivity contribution in [1.82, 2.24) is 5.32 Å². The van der Waals surface area contributed by atoms with Crippen LogP contribution < -0.4 is 10.6 Å². The van der Waals surface area contributed by atoms with E-state index in [1.807, 2.05) is 0 Å². The van der Waals surface area contributed by atoms with Gasteiger partial charge in [0.2, 0.25) is 5.91 Å². The van der Waals surface area contributed by atoms with E-state index in [0.29, 0.717) is 18.7 Å². The molecule has 1 saturated carbocycles. The van der Waals surface area contributed by atoms with Crippen molar-refractivity contribution in [3.63, 3.8) is 0 Å². The first-order valence-corrected chi connectivity index (χ1v) is 12.9. The number of benzene rings is 2. The molecule has 1 aliphatic carbocycles. The van der Waals surface area contributed by atoms with Crippen LogP contribution in [0, 0.1) is 5.41 Å². The van der Waals surface area contributed by atoms with Gasteiger partial charge in [-0.05, 0) is 56.0 Å². The lowest BCUT2D eigenvalue weighted by molar-refractivity contribution is -0.149. The minimum Gasteiger partial charge on any atom is -0.464 e. The summed E-state index contributed by atoms with van der Waals surface area (Å²) in [6.07, 6.45) is 4.40. The first-order chi connectivity index (χ1) is 17.3. The summed E-state index contributed by atoms with van der Waals surface area (Å²) in [6, 6.07) is 11.1. The van der Waals surface area contributed by atoms with Crippen molar-refractivity contribution in [3.8, 4) is 0 Å². The number of hydrogen-bond acceptors (Lipinski definition) is 5. The minimum absolute atomic E-state index is 0.129. The number of methoxy groups -OCH3 is 1. The number of nitrogens with one attached hydrogen (secondary N) is 2. The standard InChI is InChI=1S/C27H32Cl2N2O5/c1-3-36-25(33)22(31-26(34)27(15-16-35-2)13-4-5-14-27)17-18-9-11-19(12-10-18)30-24(32)23-20(28)7-6-8-21(23)29/h6-12,22H,3-5,13-17H2,1-2H3,(H,30,32)(H,31,34). The Morgan fingerprint density at radius 2 is 1.67 bits per heavy atom. The summed E-state index contributed by atoms with van der Waals surface area (Å²) in [4.78, 5) is 38.6. The van der Waals surface area contributed by atoms with Crippen LogP contribution in [0.2, 0.25) is 10.0 Å². The summed E-state index contributed by atoms with van der Waals surface area (Å²) < 4.78 is 10.5. The molecule has 2 N–H and O–H groups in total. The molecule has 0 heterocycles. The quantitative estimate of drug-likeness (QED) is 0.374. The molecule has 0 spiro atoms. The average molecular weight is 535 g/mol. The summed E-state index contributed by atoms with van der Waals surface area (Å²) in [7, 11) is 1.62. The molecular formula is C27H32Cl2N2O5. The molecule has 0 radical (unpaired) electrons. The van der Waals surface area contributed by atoms with Gasteiger partial charge in [0, 0.05) is 25.8 Å². The Labute approximate surface area is 221 Å². The van der Waals surface area contributed by atoms with Crippen molar-refractivity contribution >= 4 is 46.7 Å². The molecule has 9 heteroatoms. The van der Waals surface area contributed by atoms with E-state index in [4.69, 9.17) is 32.7 Å². The predicted molar refractivity (Wildman–Crippen MR) is 141 cm³/mol. The highest BCUT2D eigenvalue weighted by atomic mass is 35.5. The Morgan fingerprint density at radius 1 is 1.03 bits per heavy atom. The molecule has 2 amide bonds. The number of hydrogen-bond donors (Lipinski definition) is 2. The summed E-state index contributed by atoms with van der Waals surface area (Å²) >= 11 is 12.2. The Morgan fingerprint density at radius 3 is 2.25 bits per heavy atom. The Balaban J connectivity index is 1.70. The van der Waals surface area contributed by atoms with Gasteiger partial charge < -0.3 is 20.1 Å². The van der Waals surface area contributed by atoms with Gasteiger partial charge in [-0.15, -0.1) is 0 Å². The maximum absolute atomic E-state index is 13.3. The van der Waals surface area contributed by atoms with Crippen LogP contribution in [0.1, 0.15) is 54.9 Å². The fourth-order valence-corrected chi connectivity index (χ4v) is 5.12. The fourth-order valence-electron chi connectivity index (χ4n) is 4.56. The maximum Gasteiger partial charge on any atom is 0.328 e. The molecule has 7 nitrogen and oxygen atoms in total. The van der Waals surface area contributed by atoms with Crippen LogP contribution in [0.15, 0.2) is 42.5 Å². The van der Waals surface area contributed by atoms with Crippen LogP contribution in [0.25, 0.3) is 0 Å². The van der Waals surface area contributed by atoms with Gasteiger partial charge in [-0.25, -0.2) is 4.79 Å². The first kappa shape index (κ1) is 28.0. The number of halogens is 2. The van der Waals surface area contributed by atoms with E-state index in [1.54, 1.807) is 56.5 Å². The van der Waals surface area contributed by atoms with Crippen molar-refractivity contribution in [1.29, 1.82) is 0 Å². The molecule has 0 aliphatic heterocycles. The second-order valence-corrected chi connectivity index (χ2v) is 9.77. The predicted octanol–water partition coefficient (Wildman–Crippen LogP) is 5.43. The summed E-state index contributed by atoms with van der Waals surface area (Å²) in [5.41, 5.74) is 1.03. The number of carbonyl (C=O) groups is 3. The normalized spacial score (nSPS) is 15.2. The zero-order chi connectivity index (χ0) is 26.1. The van der Waals surface area contributed by atoms with Crippen LogP contribution in [-0.4, -0.2) is 44.1 Å². The van der Waals surface area contributed by atoms with Crippen LogP contribution in [0.4, 0.5) is 5.69 Å². The van der Waals surface area contributed by atoms with E-state index in [0.717, 1.165) is 31.2 Å². The Bertz CT molecular complexity index is 1050. The molecule has 1 unspecified atom stereocenters. The smallest absolute Gasteiger partial charge is 0.328 e. The maximum atomic E-state index is 13.3. The van der Waals surface area contributed by atoms with Crippen LogP contribution in [0.3, 0.4) is 0 Å². The number of carbonyl (C=O) groups excluding carboxylic acids is 3. The highest BCUT2D eigenvalue weighted by Crippen LogP contribution is 2.41. The zero-order valence-corrected chi connectivity index (χ0v) is 22.1. The van der Waals surface area contributed by atoms with Gasteiger partial charge in [0.1, 0.15) is 6.04 Å². The van der Waals surface area contributed by atoms with Crippen molar-refractivity contribution in [3.05, 3.63) is 63.6 Å². The second kappa shape index (κ2) is 13.1. The third-order valence-electron chi connectivity index (χ3n) is 6.54. The molecular weight excluding hydrogens is 503 g/mol. The molecule has 0 aromatic heterocycles. The summed E-state index contributed by atoms with van der Waals surface area (Å²) in [5, 5.41) is 6.25. The van der Waals surface area contributed by atoms with Crippen molar-refractivity contribution in [2.75, 3.05) is 25.6 Å². The van der Waals surface area contributed by atoms with E-state index < -0.39 is 23.3 Å². The number of amides is 2. The monoisotopic (exact) mass is 534 g/mol. The molecule has 0 saturated heterocycles. The van der Waals surface area contributed by atoms with Crippen LogP contribution >= 0.6 is 23.2 Å². The topological polar surface area (TPSA) is 93.7 Å². The van der Waals surface area contributed by atoms with E-state index >= 15 is 0 Å². The molecule has 36 heavy (non-hydrogen) atoms. The lowest BCUT2D eigenvalue weighted by Crippen LogP contribution is -2.49. The van der Waals surface area contributed by atoms with Gasteiger partial charge in [0.25, 0.3) is 5.91 Å².